The molecular weight excluding hydrogens is 460 g/mol. The van der Waals surface area contributed by atoms with Crippen molar-refractivity contribution in [3.63, 3.8) is 0 Å². The minimum atomic E-state index is -0.0478. The van der Waals surface area contributed by atoms with E-state index in [1.807, 2.05) is 71.6 Å². The second-order valence-electron chi connectivity index (χ2n) is 8.56. The molecule has 0 N–H and O–H groups in total. The standard InChI is InChI=1S/C28H27ClN4O2/c29-26-9-5-4-8-24(26)20-31-16-18-32(19-17-31)28(34)27-14-15-33(30-27)21-35-25-12-10-23(11-13-25)22-6-2-1-3-7-22/h1-15H,16-21H2. The SMILES string of the molecule is O=C(c1ccn(COc2ccc(-c3ccccc3)cc2)n1)N1CCN(Cc2ccccc2Cl)CC1. The van der Waals surface area contributed by atoms with E-state index in [0.29, 0.717) is 18.8 Å². The zero-order valence-corrected chi connectivity index (χ0v) is 20.1. The molecule has 178 valence electrons. The lowest BCUT2D eigenvalue weighted by molar-refractivity contribution is 0.0621. The maximum atomic E-state index is 12.9. The number of nitrogens with zero attached hydrogens (tertiary/aromatic N) is 4. The number of carbonyl (C=O) groups is 1. The Labute approximate surface area is 210 Å². The Kier molecular flexibility index (Phi) is 7.12. The lowest BCUT2D eigenvalue weighted by atomic mass is 10.1. The van der Waals surface area contributed by atoms with E-state index in [1.54, 1.807) is 16.9 Å². The van der Waals surface area contributed by atoms with Crippen molar-refractivity contribution in [2.75, 3.05) is 26.2 Å². The van der Waals surface area contributed by atoms with E-state index < -0.39 is 0 Å². The number of ether oxygens (including phenoxy) is 1. The van der Waals surface area contributed by atoms with Gasteiger partial charge in [0.15, 0.2) is 12.4 Å². The van der Waals surface area contributed by atoms with Crippen LogP contribution in [0.1, 0.15) is 16.1 Å². The highest BCUT2D eigenvalue weighted by atomic mass is 35.5. The van der Waals surface area contributed by atoms with E-state index in [2.05, 4.69) is 22.1 Å². The lowest BCUT2D eigenvalue weighted by Gasteiger charge is -2.34. The van der Waals surface area contributed by atoms with Crippen LogP contribution in [0.5, 0.6) is 5.75 Å². The number of hydrogen-bond acceptors (Lipinski definition) is 4. The molecule has 1 aliphatic rings. The first kappa shape index (κ1) is 23.1. The predicted octanol–water partition coefficient (Wildman–Crippen LogP) is 5.20. The smallest absolute Gasteiger partial charge is 0.274 e. The van der Waals surface area contributed by atoms with Crippen molar-refractivity contribution in [3.8, 4) is 16.9 Å². The summed E-state index contributed by atoms with van der Waals surface area (Å²) in [6, 6.07) is 27.8. The van der Waals surface area contributed by atoms with E-state index in [0.717, 1.165) is 41.5 Å². The van der Waals surface area contributed by atoms with Crippen LogP contribution in [-0.2, 0) is 13.3 Å². The Bertz CT molecular complexity index is 1270. The van der Waals surface area contributed by atoms with Crippen molar-refractivity contribution < 1.29 is 9.53 Å². The van der Waals surface area contributed by atoms with Crippen molar-refractivity contribution in [2.45, 2.75) is 13.3 Å². The Morgan fingerprint density at radius 2 is 1.51 bits per heavy atom. The van der Waals surface area contributed by atoms with Gasteiger partial charge in [0.1, 0.15) is 5.75 Å². The Hall–Kier alpha value is -3.61. The van der Waals surface area contributed by atoms with Crippen molar-refractivity contribution in [2.24, 2.45) is 0 Å². The highest BCUT2D eigenvalue weighted by Gasteiger charge is 2.24. The molecule has 5 rings (SSSR count). The third kappa shape index (κ3) is 5.73. The molecule has 0 spiro atoms. The Morgan fingerprint density at radius 1 is 0.829 bits per heavy atom. The summed E-state index contributed by atoms with van der Waals surface area (Å²) in [5, 5.41) is 5.22. The third-order valence-electron chi connectivity index (χ3n) is 6.20. The molecule has 0 atom stereocenters. The molecule has 0 aliphatic carbocycles. The van der Waals surface area contributed by atoms with E-state index in [-0.39, 0.29) is 12.6 Å². The van der Waals surface area contributed by atoms with Gasteiger partial charge >= 0.3 is 0 Å². The second-order valence-corrected chi connectivity index (χ2v) is 8.97. The number of aromatic nitrogens is 2. The van der Waals surface area contributed by atoms with E-state index in [9.17, 15) is 4.79 Å². The van der Waals surface area contributed by atoms with Crippen molar-refractivity contribution >= 4 is 17.5 Å². The summed E-state index contributed by atoms with van der Waals surface area (Å²) in [4.78, 5) is 17.1. The van der Waals surface area contributed by atoms with Crippen LogP contribution in [0.25, 0.3) is 11.1 Å². The van der Waals surface area contributed by atoms with Crippen molar-refractivity contribution in [1.29, 1.82) is 0 Å². The Morgan fingerprint density at radius 3 is 2.26 bits per heavy atom. The minimum Gasteiger partial charge on any atom is -0.471 e. The number of piperazine rings is 1. The van der Waals surface area contributed by atoms with Crippen LogP contribution in [0.4, 0.5) is 0 Å². The topological polar surface area (TPSA) is 50.6 Å². The molecule has 6 nitrogen and oxygen atoms in total. The van der Waals surface area contributed by atoms with Gasteiger partial charge in [-0.25, -0.2) is 4.68 Å². The fourth-order valence-electron chi connectivity index (χ4n) is 4.20. The molecule has 1 saturated heterocycles. The first-order chi connectivity index (χ1) is 17.2. The molecule has 3 aromatic carbocycles. The van der Waals surface area contributed by atoms with Gasteiger partial charge in [-0.3, -0.25) is 9.69 Å². The highest BCUT2D eigenvalue weighted by molar-refractivity contribution is 6.31. The normalized spacial score (nSPS) is 14.1. The van der Waals surface area contributed by atoms with Gasteiger partial charge in [0.2, 0.25) is 0 Å². The van der Waals surface area contributed by atoms with Crippen molar-refractivity contribution in [1.82, 2.24) is 19.6 Å². The first-order valence-corrected chi connectivity index (χ1v) is 12.1. The molecule has 2 heterocycles. The summed E-state index contributed by atoms with van der Waals surface area (Å²) in [5.74, 6) is 0.705. The number of amides is 1. The maximum absolute atomic E-state index is 12.9. The molecule has 4 aromatic rings. The van der Waals surface area contributed by atoms with Crippen molar-refractivity contribution in [3.05, 3.63) is 107 Å². The molecule has 0 unspecified atom stereocenters. The first-order valence-electron chi connectivity index (χ1n) is 11.7. The van der Waals surface area contributed by atoms with Gasteiger partial charge in [0, 0.05) is 43.9 Å². The summed E-state index contributed by atoms with van der Waals surface area (Å²) in [6.07, 6.45) is 1.78. The molecule has 35 heavy (non-hydrogen) atoms. The molecule has 1 amide bonds. The van der Waals surface area contributed by atoms with Crippen LogP contribution in [-0.4, -0.2) is 51.7 Å². The fraction of sp³-hybridized carbons (Fsp3) is 0.214. The summed E-state index contributed by atoms with van der Waals surface area (Å²) in [6.45, 7) is 3.98. The molecule has 0 saturated carbocycles. The molecule has 1 fully saturated rings. The second kappa shape index (κ2) is 10.8. The van der Waals surface area contributed by atoms with Gasteiger partial charge < -0.3 is 9.64 Å². The molecule has 0 radical (unpaired) electrons. The van der Waals surface area contributed by atoms with Gasteiger partial charge in [-0.05, 0) is 41.0 Å². The summed E-state index contributed by atoms with van der Waals surface area (Å²) < 4.78 is 7.50. The van der Waals surface area contributed by atoms with Gasteiger partial charge in [0.25, 0.3) is 5.91 Å². The molecule has 7 heteroatoms. The van der Waals surface area contributed by atoms with Crippen LogP contribution >= 0.6 is 11.6 Å². The van der Waals surface area contributed by atoms with Gasteiger partial charge in [-0.1, -0.05) is 72.3 Å². The van der Waals surface area contributed by atoms with Gasteiger partial charge in [-0.2, -0.15) is 5.10 Å². The number of carbonyl (C=O) groups excluding carboxylic acids is 1. The van der Waals surface area contributed by atoms with Crippen LogP contribution in [0, 0.1) is 0 Å². The minimum absolute atomic E-state index is 0.0478. The number of benzene rings is 3. The molecule has 1 aliphatic heterocycles. The quantitative estimate of drug-likeness (QED) is 0.360. The van der Waals surface area contributed by atoms with Crippen LogP contribution < -0.4 is 4.74 Å². The number of halogens is 1. The Balaban J connectivity index is 1.11. The number of hydrogen-bond donors (Lipinski definition) is 0. The monoisotopic (exact) mass is 486 g/mol. The fourth-order valence-corrected chi connectivity index (χ4v) is 4.40. The van der Waals surface area contributed by atoms with E-state index in [1.165, 1.54) is 5.56 Å². The average molecular weight is 487 g/mol. The zero-order chi connectivity index (χ0) is 24.0. The average Bonchev–Trinajstić information content (AvgIpc) is 3.39. The largest absolute Gasteiger partial charge is 0.471 e. The van der Waals surface area contributed by atoms with E-state index in [4.69, 9.17) is 16.3 Å². The van der Waals surface area contributed by atoms with E-state index >= 15 is 0 Å². The summed E-state index contributed by atoms with van der Waals surface area (Å²) >= 11 is 6.29. The summed E-state index contributed by atoms with van der Waals surface area (Å²) in [5.41, 5.74) is 3.85. The lowest BCUT2D eigenvalue weighted by Crippen LogP contribution is -2.48. The number of rotatable bonds is 7. The highest BCUT2D eigenvalue weighted by Crippen LogP contribution is 2.22. The predicted molar refractivity (Wildman–Crippen MR) is 137 cm³/mol. The maximum Gasteiger partial charge on any atom is 0.274 e. The van der Waals surface area contributed by atoms with Crippen LogP contribution in [0.3, 0.4) is 0 Å². The van der Waals surface area contributed by atoms with Crippen LogP contribution in [0.2, 0.25) is 5.02 Å². The summed E-state index contributed by atoms with van der Waals surface area (Å²) in [7, 11) is 0. The third-order valence-corrected chi connectivity index (χ3v) is 6.56. The van der Waals surface area contributed by atoms with Gasteiger partial charge in [0.05, 0.1) is 0 Å². The molecule has 0 bridgehead atoms. The molecular formula is C28H27ClN4O2. The van der Waals surface area contributed by atoms with Gasteiger partial charge in [-0.15, -0.1) is 0 Å². The molecule has 1 aromatic heterocycles. The zero-order valence-electron chi connectivity index (χ0n) is 19.4. The van der Waals surface area contributed by atoms with Crippen LogP contribution in [0.15, 0.2) is 91.1 Å².